The van der Waals surface area contributed by atoms with Crippen LogP contribution < -0.4 is 5.32 Å². The fourth-order valence-corrected chi connectivity index (χ4v) is 1.70. The number of carbonyl (C=O) groups is 1. The molecule has 1 atom stereocenters. The van der Waals surface area contributed by atoms with Crippen molar-refractivity contribution in [2.45, 2.75) is 19.9 Å². The van der Waals surface area contributed by atoms with Gasteiger partial charge in [0.25, 0.3) is 5.91 Å². The predicted octanol–water partition coefficient (Wildman–Crippen LogP) is 1.49. The number of carbonyl (C=O) groups excluding carboxylic acids is 1. The minimum atomic E-state index is -0.162. The van der Waals surface area contributed by atoms with Crippen LogP contribution in [0.5, 0.6) is 0 Å². The predicted molar refractivity (Wildman–Crippen MR) is 57.5 cm³/mol. The highest BCUT2D eigenvalue weighted by Crippen LogP contribution is 2.09. The van der Waals surface area contributed by atoms with E-state index in [1.54, 1.807) is 6.07 Å². The fourth-order valence-electron chi connectivity index (χ4n) is 1.07. The Kier molecular flexibility index (Phi) is 4.10. The summed E-state index contributed by atoms with van der Waals surface area (Å²) >= 11 is 1.40. The van der Waals surface area contributed by atoms with Crippen molar-refractivity contribution in [3.8, 4) is 0 Å². The second-order valence-electron chi connectivity index (χ2n) is 3.48. The molecule has 14 heavy (non-hydrogen) atoms. The number of hydrogen-bond donors (Lipinski definition) is 2. The van der Waals surface area contributed by atoms with E-state index < -0.39 is 0 Å². The summed E-state index contributed by atoms with van der Waals surface area (Å²) in [6, 6.07) is 3.45. The summed E-state index contributed by atoms with van der Waals surface area (Å²) in [5, 5.41) is 13.7. The van der Waals surface area contributed by atoms with Crippen molar-refractivity contribution in [1.29, 1.82) is 0 Å². The van der Waals surface area contributed by atoms with Gasteiger partial charge in [-0.05, 0) is 17.4 Å². The summed E-state index contributed by atoms with van der Waals surface area (Å²) < 4.78 is 0. The highest BCUT2D eigenvalue weighted by atomic mass is 32.1. The highest BCUT2D eigenvalue weighted by molar-refractivity contribution is 7.12. The highest BCUT2D eigenvalue weighted by Gasteiger charge is 2.16. The molecule has 0 aliphatic rings. The lowest BCUT2D eigenvalue weighted by Gasteiger charge is -2.19. The summed E-state index contributed by atoms with van der Waals surface area (Å²) in [5.74, 6) is 0.136. The van der Waals surface area contributed by atoms with Crippen LogP contribution in [0.2, 0.25) is 0 Å². The molecule has 1 aromatic rings. The molecule has 1 aromatic heterocycles. The molecule has 0 aliphatic carbocycles. The summed E-state index contributed by atoms with van der Waals surface area (Å²) in [5.41, 5.74) is 0. The van der Waals surface area contributed by atoms with Gasteiger partial charge in [-0.1, -0.05) is 19.9 Å². The lowest BCUT2D eigenvalue weighted by molar-refractivity contribution is 0.0901. The number of thiophene rings is 1. The van der Waals surface area contributed by atoms with Crippen molar-refractivity contribution in [2.75, 3.05) is 6.61 Å². The Morgan fingerprint density at radius 3 is 2.79 bits per heavy atom. The van der Waals surface area contributed by atoms with Crippen LogP contribution in [0.4, 0.5) is 0 Å². The van der Waals surface area contributed by atoms with E-state index in [4.69, 9.17) is 5.11 Å². The molecular weight excluding hydrogens is 198 g/mol. The van der Waals surface area contributed by atoms with Gasteiger partial charge in [0.15, 0.2) is 0 Å². The number of aliphatic hydroxyl groups excluding tert-OH is 1. The molecule has 2 N–H and O–H groups in total. The summed E-state index contributed by atoms with van der Waals surface area (Å²) in [4.78, 5) is 12.3. The zero-order valence-corrected chi connectivity index (χ0v) is 9.17. The van der Waals surface area contributed by atoms with E-state index in [1.165, 1.54) is 11.3 Å². The van der Waals surface area contributed by atoms with Crippen LogP contribution in [-0.4, -0.2) is 23.7 Å². The van der Waals surface area contributed by atoms with Gasteiger partial charge in [0, 0.05) is 0 Å². The third-order valence-electron chi connectivity index (χ3n) is 2.06. The number of hydrogen-bond acceptors (Lipinski definition) is 3. The first-order chi connectivity index (χ1) is 6.65. The molecule has 0 saturated heterocycles. The maximum Gasteiger partial charge on any atom is 0.261 e. The SMILES string of the molecule is CC(C)C(CO)NC(=O)c1cccs1. The van der Waals surface area contributed by atoms with Crippen LogP contribution in [0.1, 0.15) is 23.5 Å². The third-order valence-corrected chi connectivity index (χ3v) is 2.93. The summed E-state index contributed by atoms with van der Waals surface area (Å²) in [6.45, 7) is 3.92. The minimum absolute atomic E-state index is 0.0191. The molecule has 0 radical (unpaired) electrons. The van der Waals surface area contributed by atoms with Crippen molar-refractivity contribution in [2.24, 2.45) is 5.92 Å². The molecule has 78 valence electrons. The third kappa shape index (κ3) is 2.82. The molecule has 0 aromatic carbocycles. The standard InChI is InChI=1S/C10H15NO2S/c1-7(2)8(6-12)11-10(13)9-4-3-5-14-9/h3-5,7-8,12H,6H2,1-2H3,(H,11,13). The fraction of sp³-hybridized carbons (Fsp3) is 0.500. The normalized spacial score (nSPS) is 12.9. The van der Waals surface area contributed by atoms with E-state index in [0.29, 0.717) is 4.88 Å². The van der Waals surface area contributed by atoms with Crippen LogP contribution >= 0.6 is 11.3 Å². The maximum atomic E-state index is 11.6. The molecule has 0 aliphatic heterocycles. The van der Waals surface area contributed by atoms with Crippen LogP contribution in [0.15, 0.2) is 17.5 Å². The van der Waals surface area contributed by atoms with E-state index in [-0.39, 0.29) is 24.5 Å². The van der Waals surface area contributed by atoms with E-state index in [1.807, 2.05) is 25.3 Å². The number of aliphatic hydroxyl groups is 1. The van der Waals surface area contributed by atoms with Crippen LogP contribution in [0, 0.1) is 5.92 Å². The van der Waals surface area contributed by atoms with Gasteiger partial charge in [-0.15, -0.1) is 11.3 Å². The van der Waals surface area contributed by atoms with Gasteiger partial charge >= 0.3 is 0 Å². The average Bonchev–Trinajstić information content (AvgIpc) is 2.65. The first-order valence-electron chi connectivity index (χ1n) is 4.60. The monoisotopic (exact) mass is 213 g/mol. The van der Waals surface area contributed by atoms with E-state index >= 15 is 0 Å². The first kappa shape index (κ1) is 11.2. The molecule has 0 bridgehead atoms. The second-order valence-corrected chi connectivity index (χ2v) is 4.43. The van der Waals surface area contributed by atoms with Crippen molar-refractivity contribution in [1.82, 2.24) is 5.32 Å². The van der Waals surface area contributed by atoms with Crippen LogP contribution in [0.25, 0.3) is 0 Å². The molecule has 4 heteroatoms. The molecule has 1 amide bonds. The lowest BCUT2D eigenvalue weighted by atomic mass is 10.1. The first-order valence-corrected chi connectivity index (χ1v) is 5.48. The van der Waals surface area contributed by atoms with Crippen molar-refractivity contribution >= 4 is 17.2 Å². The second kappa shape index (κ2) is 5.12. The topological polar surface area (TPSA) is 49.3 Å². The van der Waals surface area contributed by atoms with Gasteiger partial charge in [-0.25, -0.2) is 0 Å². The molecular formula is C10H15NO2S. The Labute approximate surface area is 87.8 Å². The maximum absolute atomic E-state index is 11.6. The Hall–Kier alpha value is -0.870. The van der Waals surface area contributed by atoms with Gasteiger partial charge in [0.05, 0.1) is 17.5 Å². The van der Waals surface area contributed by atoms with E-state index in [2.05, 4.69) is 5.32 Å². The number of rotatable bonds is 4. The molecule has 0 spiro atoms. The molecule has 1 unspecified atom stereocenters. The zero-order valence-electron chi connectivity index (χ0n) is 8.36. The quantitative estimate of drug-likeness (QED) is 0.796. The minimum Gasteiger partial charge on any atom is -0.394 e. The number of nitrogens with one attached hydrogen (secondary N) is 1. The van der Waals surface area contributed by atoms with Crippen molar-refractivity contribution in [3.05, 3.63) is 22.4 Å². The van der Waals surface area contributed by atoms with Gasteiger partial charge in [0.1, 0.15) is 0 Å². The zero-order chi connectivity index (χ0) is 10.6. The Balaban J connectivity index is 2.56. The summed E-state index contributed by atoms with van der Waals surface area (Å²) in [6.07, 6.45) is 0. The van der Waals surface area contributed by atoms with Crippen LogP contribution in [-0.2, 0) is 0 Å². The average molecular weight is 213 g/mol. The number of amides is 1. The Bertz CT molecular complexity index is 282. The summed E-state index contributed by atoms with van der Waals surface area (Å²) in [7, 11) is 0. The van der Waals surface area contributed by atoms with Crippen molar-refractivity contribution in [3.63, 3.8) is 0 Å². The van der Waals surface area contributed by atoms with Crippen molar-refractivity contribution < 1.29 is 9.90 Å². The van der Waals surface area contributed by atoms with Gasteiger partial charge in [-0.2, -0.15) is 0 Å². The van der Waals surface area contributed by atoms with Crippen LogP contribution in [0.3, 0.4) is 0 Å². The van der Waals surface area contributed by atoms with Gasteiger partial charge in [-0.3, -0.25) is 4.79 Å². The van der Waals surface area contributed by atoms with E-state index in [0.717, 1.165) is 0 Å². The largest absolute Gasteiger partial charge is 0.394 e. The molecule has 0 saturated carbocycles. The molecule has 1 rings (SSSR count). The molecule has 0 fully saturated rings. The van der Waals surface area contributed by atoms with E-state index in [9.17, 15) is 4.79 Å². The van der Waals surface area contributed by atoms with Gasteiger partial charge < -0.3 is 10.4 Å². The Morgan fingerprint density at radius 1 is 1.64 bits per heavy atom. The Morgan fingerprint density at radius 2 is 2.36 bits per heavy atom. The van der Waals surface area contributed by atoms with Gasteiger partial charge in [0.2, 0.25) is 0 Å². The molecule has 1 heterocycles. The lowest BCUT2D eigenvalue weighted by Crippen LogP contribution is -2.40. The smallest absolute Gasteiger partial charge is 0.261 e. The molecule has 3 nitrogen and oxygen atoms in total.